The predicted molar refractivity (Wildman–Crippen MR) is 165 cm³/mol. The molecule has 3 rings (SSSR count). The highest BCUT2D eigenvalue weighted by Crippen LogP contribution is 2.29. The third-order valence-electron chi connectivity index (χ3n) is 6.58. The van der Waals surface area contributed by atoms with Crippen molar-refractivity contribution in [2.45, 2.75) is 45.4 Å². The van der Waals surface area contributed by atoms with Crippen LogP contribution in [0.15, 0.2) is 91.0 Å². The highest BCUT2D eigenvalue weighted by atomic mass is 16.5. The summed E-state index contributed by atoms with van der Waals surface area (Å²) in [7, 11) is 0. The summed E-state index contributed by atoms with van der Waals surface area (Å²) in [5.41, 5.74) is 5.15. The zero-order chi connectivity index (χ0) is 29.3. The molecular formula is C35H44O6. The van der Waals surface area contributed by atoms with Crippen molar-refractivity contribution in [3.05, 3.63) is 96.6 Å². The van der Waals surface area contributed by atoms with E-state index in [2.05, 4.69) is 56.5 Å². The third-order valence-corrected chi connectivity index (χ3v) is 6.58. The van der Waals surface area contributed by atoms with Gasteiger partial charge >= 0.3 is 0 Å². The average Bonchev–Trinajstić information content (AvgIpc) is 3.00. The first-order chi connectivity index (χ1) is 20.0. The molecule has 0 bridgehead atoms. The molecule has 0 radical (unpaired) electrons. The second-order valence-electron chi connectivity index (χ2n) is 10.0. The molecule has 0 aliphatic carbocycles. The smallest absolute Gasteiger partial charge is 0.126 e. The summed E-state index contributed by atoms with van der Waals surface area (Å²) in [4.78, 5) is 0. The molecule has 0 fully saturated rings. The molecule has 0 saturated heterocycles. The Kier molecular flexibility index (Phi) is 13.8. The lowest BCUT2D eigenvalue weighted by molar-refractivity contribution is 0.215. The largest absolute Gasteiger partial charge is 0.493 e. The summed E-state index contributed by atoms with van der Waals surface area (Å²) in [6.45, 7) is 11.2. The van der Waals surface area contributed by atoms with E-state index in [9.17, 15) is 0 Å². The van der Waals surface area contributed by atoms with Crippen molar-refractivity contribution >= 4 is 0 Å². The summed E-state index contributed by atoms with van der Waals surface area (Å²) in [6.07, 6.45) is 5.98. The van der Waals surface area contributed by atoms with Crippen molar-refractivity contribution in [1.82, 2.24) is 0 Å². The molecular weight excluding hydrogens is 516 g/mol. The fourth-order valence-electron chi connectivity index (χ4n) is 4.09. The Balaban J connectivity index is 1.51. The van der Waals surface area contributed by atoms with E-state index in [0.29, 0.717) is 67.7 Å². The van der Waals surface area contributed by atoms with E-state index in [1.54, 1.807) is 18.2 Å². The second-order valence-corrected chi connectivity index (χ2v) is 10.0. The van der Waals surface area contributed by atoms with Gasteiger partial charge in [0.05, 0.1) is 26.4 Å². The molecule has 6 nitrogen and oxygen atoms in total. The number of benzene rings is 3. The molecule has 0 amide bonds. The van der Waals surface area contributed by atoms with Crippen LogP contribution in [0.2, 0.25) is 0 Å². The first-order valence-electron chi connectivity index (χ1n) is 14.4. The highest BCUT2D eigenvalue weighted by Gasteiger charge is 2.07. The van der Waals surface area contributed by atoms with E-state index in [-0.39, 0.29) is 13.2 Å². The first kappa shape index (κ1) is 31.8. The summed E-state index contributed by atoms with van der Waals surface area (Å²) >= 11 is 0. The molecule has 2 N–H and O–H groups in total. The number of hydrogen-bond acceptors (Lipinski definition) is 6. The molecule has 41 heavy (non-hydrogen) atoms. The zero-order valence-electron chi connectivity index (χ0n) is 24.3. The molecule has 0 aliphatic heterocycles. The first-order valence-corrected chi connectivity index (χ1v) is 14.4. The van der Waals surface area contributed by atoms with Crippen LogP contribution in [0.1, 0.15) is 44.6 Å². The van der Waals surface area contributed by atoms with Gasteiger partial charge in [0.2, 0.25) is 0 Å². The average molecular weight is 561 g/mol. The van der Waals surface area contributed by atoms with Gasteiger partial charge in [-0.25, -0.2) is 0 Å². The molecule has 3 aromatic carbocycles. The van der Waals surface area contributed by atoms with Gasteiger partial charge in [-0.2, -0.15) is 0 Å². The summed E-state index contributed by atoms with van der Waals surface area (Å²) in [5, 5.41) is 18.3. The number of unbranched alkanes of at least 4 members (excludes halogenated alkanes) is 2. The number of aliphatic hydroxyl groups is 2. The number of rotatable bonds is 20. The molecule has 6 heteroatoms. The Morgan fingerprint density at radius 1 is 0.585 bits per heavy atom. The van der Waals surface area contributed by atoms with Gasteiger partial charge in [0.1, 0.15) is 36.2 Å². The van der Waals surface area contributed by atoms with Gasteiger partial charge in [0, 0.05) is 31.0 Å². The van der Waals surface area contributed by atoms with Crippen molar-refractivity contribution in [2.75, 3.05) is 39.6 Å². The van der Waals surface area contributed by atoms with Crippen LogP contribution in [-0.4, -0.2) is 49.9 Å². The van der Waals surface area contributed by atoms with Crippen molar-refractivity contribution in [3.63, 3.8) is 0 Å². The van der Waals surface area contributed by atoms with Crippen molar-refractivity contribution in [3.8, 4) is 34.1 Å². The third kappa shape index (κ3) is 11.7. The van der Waals surface area contributed by atoms with Gasteiger partial charge in [-0.3, -0.25) is 0 Å². The van der Waals surface area contributed by atoms with E-state index in [1.807, 2.05) is 12.1 Å². The maximum absolute atomic E-state index is 9.16. The fraction of sp³-hybridized carbons (Fsp3) is 0.371. The van der Waals surface area contributed by atoms with Crippen LogP contribution in [0.5, 0.6) is 23.0 Å². The van der Waals surface area contributed by atoms with Crippen LogP contribution in [0.3, 0.4) is 0 Å². The van der Waals surface area contributed by atoms with Gasteiger partial charge in [0.15, 0.2) is 0 Å². The van der Waals surface area contributed by atoms with Crippen LogP contribution in [0.4, 0.5) is 0 Å². The number of aliphatic hydroxyl groups excluding tert-OH is 2. The van der Waals surface area contributed by atoms with Gasteiger partial charge in [-0.15, -0.1) is 0 Å². The lowest BCUT2D eigenvalue weighted by Crippen LogP contribution is -2.09. The maximum Gasteiger partial charge on any atom is 0.126 e. The van der Waals surface area contributed by atoms with Gasteiger partial charge < -0.3 is 29.2 Å². The van der Waals surface area contributed by atoms with Crippen molar-refractivity contribution in [1.29, 1.82) is 0 Å². The molecule has 0 saturated carbocycles. The number of hydrogen-bond donors (Lipinski definition) is 2. The van der Waals surface area contributed by atoms with Gasteiger partial charge in [-0.05, 0) is 52.8 Å². The van der Waals surface area contributed by atoms with Crippen molar-refractivity contribution in [2.24, 2.45) is 0 Å². The summed E-state index contributed by atoms with van der Waals surface area (Å²) in [5.74, 6) is 2.56. The Labute approximate surface area is 244 Å². The van der Waals surface area contributed by atoms with Crippen LogP contribution >= 0.6 is 0 Å². The Hall–Kier alpha value is -3.74. The van der Waals surface area contributed by atoms with Crippen LogP contribution in [0, 0.1) is 0 Å². The SMILES string of the molecule is C=C(CO)CCOc1cc(OCCOc2ccc(-c3ccc(CCCCC)cc3)cc2)cc(OCCC(=C)CO)c1. The molecule has 220 valence electrons. The Morgan fingerprint density at radius 3 is 1.49 bits per heavy atom. The van der Waals surface area contributed by atoms with Crippen LogP contribution in [0.25, 0.3) is 11.1 Å². The van der Waals surface area contributed by atoms with Crippen LogP contribution < -0.4 is 18.9 Å². The molecule has 0 atom stereocenters. The number of aryl methyl sites for hydroxylation is 1. The van der Waals surface area contributed by atoms with Crippen LogP contribution in [-0.2, 0) is 6.42 Å². The van der Waals surface area contributed by atoms with Gasteiger partial charge in [-0.1, -0.05) is 69.3 Å². The molecule has 0 unspecified atom stereocenters. The topological polar surface area (TPSA) is 77.4 Å². The molecule has 0 heterocycles. The van der Waals surface area contributed by atoms with Crippen molar-refractivity contribution < 1.29 is 29.2 Å². The van der Waals surface area contributed by atoms with E-state index in [4.69, 9.17) is 29.2 Å². The molecule has 3 aromatic rings. The predicted octanol–water partition coefficient (Wildman–Crippen LogP) is 7.18. The normalized spacial score (nSPS) is 10.7. The molecule has 0 spiro atoms. The summed E-state index contributed by atoms with van der Waals surface area (Å²) in [6, 6.07) is 22.3. The monoisotopic (exact) mass is 560 g/mol. The van der Waals surface area contributed by atoms with Gasteiger partial charge in [0.25, 0.3) is 0 Å². The number of ether oxygens (including phenoxy) is 4. The molecule has 0 aliphatic rings. The Bertz CT molecular complexity index is 1160. The lowest BCUT2D eigenvalue weighted by atomic mass is 10.0. The maximum atomic E-state index is 9.16. The summed E-state index contributed by atoms with van der Waals surface area (Å²) < 4.78 is 23.5. The second kappa shape index (κ2) is 17.8. The lowest BCUT2D eigenvalue weighted by Gasteiger charge is -2.14. The standard InChI is InChI=1S/C35H44O6/c1-4-5-6-7-29-8-10-30(11-9-29)31-12-14-32(15-13-31)40-20-21-41-35-23-33(38-18-16-27(2)25-36)22-34(24-35)39-19-17-28(3)26-37/h8-15,22-24,36-37H,2-7,16-21,25-26H2,1H3. The highest BCUT2D eigenvalue weighted by molar-refractivity contribution is 5.64. The van der Waals surface area contributed by atoms with E-state index in [1.165, 1.54) is 30.4 Å². The zero-order valence-corrected chi connectivity index (χ0v) is 24.3. The minimum absolute atomic E-state index is 0.0648. The van der Waals surface area contributed by atoms with E-state index < -0.39 is 0 Å². The minimum Gasteiger partial charge on any atom is -0.493 e. The fourth-order valence-corrected chi connectivity index (χ4v) is 4.09. The molecule has 0 aromatic heterocycles. The van der Waals surface area contributed by atoms with E-state index in [0.717, 1.165) is 17.7 Å². The minimum atomic E-state index is -0.0648. The van der Waals surface area contributed by atoms with E-state index >= 15 is 0 Å². The Morgan fingerprint density at radius 2 is 1.02 bits per heavy atom. The quantitative estimate of drug-likeness (QED) is 0.113.